The molecule has 21 nitrogen and oxygen atoms in total. The summed E-state index contributed by atoms with van der Waals surface area (Å²) in [5, 5.41) is 43.6. The molecule has 0 saturated carbocycles. The van der Waals surface area contributed by atoms with Crippen LogP contribution >= 0.6 is 0 Å². The molecule has 0 radical (unpaired) electrons. The molecule has 10 N–H and O–H groups in total. The second-order valence-electron chi connectivity index (χ2n) is 17.7. The summed E-state index contributed by atoms with van der Waals surface area (Å²) in [4.78, 5) is 141. The van der Waals surface area contributed by atoms with E-state index in [4.69, 9.17) is 5.11 Å². The monoisotopic (exact) mass is 957 g/mol. The van der Waals surface area contributed by atoms with Crippen LogP contribution in [-0.4, -0.2) is 129 Å². The normalized spacial score (nSPS) is 14.2. The summed E-state index contributed by atoms with van der Waals surface area (Å²) in [6.07, 6.45) is -11.1. The van der Waals surface area contributed by atoms with Crippen LogP contribution in [0.2, 0.25) is 0 Å². The molecule has 0 aliphatic heterocycles. The zero-order chi connectivity index (χ0) is 51.6. The van der Waals surface area contributed by atoms with Crippen molar-refractivity contribution in [2.24, 2.45) is 11.3 Å². The van der Waals surface area contributed by atoms with Gasteiger partial charge in [0.25, 0.3) is 5.91 Å². The van der Waals surface area contributed by atoms with Crippen LogP contribution in [0.5, 0.6) is 0 Å². The van der Waals surface area contributed by atoms with Crippen molar-refractivity contribution in [1.29, 1.82) is 0 Å². The van der Waals surface area contributed by atoms with E-state index in [0.717, 1.165) is 0 Å². The SMILES string of the molecule is Cc1ccccc1C[C@H](NC(=O)[C@H](CCC(=O)O)NC(=O)[C@H](CC(=O)O)NC(=O)CCC(=O)O)C(=O)N[C@H](C(=O)N[C@@H](CC(C)C)C(=O)N[C@@H](CC(F)(F)F)C(=O)C(=O)NC(C)C)C(C)(C)C. The summed E-state index contributed by atoms with van der Waals surface area (Å²) in [6, 6.07) is -4.83. The molecule has 1 rings (SSSR count). The molecule has 0 heterocycles. The minimum Gasteiger partial charge on any atom is -0.481 e. The summed E-state index contributed by atoms with van der Waals surface area (Å²) >= 11 is 0. The number of rotatable bonds is 27. The number of hydrogen-bond donors (Lipinski definition) is 10. The van der Waals surface area contributed by atoms with Crippen LogP contribution in [-0.2, 0) is 59.2 Å². The molecule has 374 valence electrons. The van der Waals surface area contributed by atoms with E-state index in [1.54, 1.807) is 45.0 Å². The molecule has 67 heavy (non-hydrogen) atoms. The zero-order valence-corrected chi connectivity index (χ0v) is 38.6. The van der Waals surface area contributed by atoms with E-state index in [2.05, 4.69) is 31.9 Å². The molecule has 0 bridgehead atoms. The van der Waals surface area contributed by atoms with Gasteiger partial charge in [-0.2, -0.15) is 13.2 Å². The highest BCUT2D eigenvalue weighted by Crippen LogP contribution is 2.24. The van der Waals surface area contributed by atoms with Gasteiger partial charge in [0, 0.05) is 25.3 Å². The van der Waals surface area contributed by atoms with E-state index < -0.39 is 163 Å². The predicted molar refractivity (Wildman–Crippen MR) is 230 cm³/mol. The van der Waals surface area contributed by atoms with E-state index in [1.807, 2.05) is 5.32 Å². The Hall–Kier alpha value is -6.62. The lowest BCUT2D eigenvalue weighted by Gasteiger charge is -2.34. The average molecular weight is 958 g/mol. The molecule has 24 heteroatoms. The van der Waals surface area contributed by atoms with E-state index in [-0.39, 0.29) is 12.8 Å². The van der Waals surface area contributed by atoms with Gasteiger partial charge in [-0.15, -0.1) is 0 Å². The van der Waals surface area contributed by atoms with Gasteiger partial charge >= 0.3 is 24.1 Å². The molecule has 7 amide bonds. The van der Waals surface area contributed by atoms with Crippen molar-refractivity contribution in [3.63, 3.8) is 0 Å². The highest BCUT2D eigenvalue weighted by atomic mass is 19.4. The Bertz CT molecular complexity index is 1990. The molecule has 0 spiro atoms. The Kier molecular flexibility index (Phi) is 23.1. The fourth-order valence-electron chi connectivity index (χ4n) is 6.30. The van der Waals surface area contributed by atoms with Gasteiger partial charge in [0.15, 0.2) is 0 Å². The first kappa shape index (κ1) is 58.4. The van der Waals surface area contributed by atoms with Gasteiger partial charge in [0.1, 0.15) is 36.3 Å². The molecule has 0 aliphatic carbocycles. The third-order valence-electron chi connectivity index (χ3n) is 9.66. The maximum absolute atomic E-state index is 14.3. The quantitative estimate of drug-likeness (QED) is 0.0546. The smallest absolute Gasteiger partial charge is 0.391 e. The number of carboxylic acids is 3. The van der Waals surface area contributed by atoms with Crippen molar-refractivity contribution in [3.05, 3.63) is 35.4 Å². The average Bonchev–Trinajstić information content (AvgIpc) is 3.18. The summed E-state index contributed by atoms with van der Waals surface area (Å²) in [7, 11) is 0. The van der Waals surface area contributed by atoms with Crippen LogP contribution in [0.25, 0.3) is 0 Å². The van der Waals surface area contributed by atoms with Gasteiger partial charge in [-0.1, -0.05) is 58.9 Å². The third kappa shape index (κ3) is 22.4. The van der Waals surface area contributed by atoms with Crippen LogP contribution < -0.4 is 37.2 Å². The van der Waals surface area contributed by atoms with Gasteiger partial charge < -0.3 is 52.5 Å². The third-order valence-corrected chi connectivity index (χ3v) is 9.66. The fourth-order valence-corrected chi connectivity index (χ4v) is 6.30. The minimum absolute atomic E-state index is 0.192. The maximum Gasteiger partial charge on any atom is 0.391 e. The minimum atomic E-state index is -5.01. The summed E-state index contributed by atoms with van der Waals surface area (Å²) in [5.41, 5.74) is -0.0711. The molecule has 1 aromatic rings. The number of Topliss-reactive ketones (excluding diaryl/α,β-unsaturated/α-hetero) is 1. The van der Waals surface area contributed by atoms with Crippen molar-refractivity contribution in [2.75, 3.05) is 0 Å². The van der Waals surface area contributed by atoms with Crippen molar-refractivity contribution in [2.45, 2.75) is 155 Å². The fraction of sp³-hybridized carbons (Fsp3) is 0.605. The van der Waals surface area contributed by atoms with Gasteiger partial charge in [-0.25, -0.2) is 0 Å². The number of aliphatic carboxylic acids is 3. The first-order chi connectivity index (χ1) is 30.8. The lowest BCUT2D eigenvalue weighted by molar-refractivity contribution is -0.154. The lowest BCUT2D eigenvalue weighted by Crippen LogP contribution is -2.62. The van der Waals surface area contributed by atoms with Crippen molar-refractivity contribution < 1.29 is 81.2 Å². The molecule has 0 aromatic heterocycles. The zero-order valence-electron chi connectivity index (χ0n) is 38.6. The van der Waals surface area contributed by atoms with Gasteiger partial charge in [-0.05, 0) is 56.1 Å². The number of amides is 7. The summed E-state index contributed by atoms with van der Waals surface area (Å²) in [5.74, 6) is -14.5. The number of carboxylic acid groups (broad SMARTS) is 3. The van der Waals surface area contributed by atoms with E-state index in [9.17, 15) is 76.1 Å². The van der Waals surface area contributed by atoms with Gasteiger partial charge in [0.2, 0.25) is 41.2 Å². The Morgan fingerprint density at radius 3 is 1.60 bits per heavy atom. The van der Waals surface area contributed by atoms with Crippen molar-refractivity contribution in [1.82, 2.24) is 37.2 Å². The number of aryl methyl sites for hydroxylation is 1. The molecular weight excluding hydrogens is 896 g/mol. The van der Waals surface area contributed by atoms with Crippen molar-refractivity contribution in [3.8, 4) is 0 Å². The van der Waals surface area contributed by atoms with Crippen LogP contribution in [0.3, 0.4) is 0 Å². The van der Waals surface area contributed by atoms with Crippen LogP contribution in [0.1, 0.15) is 105 Å². The number of hydrogen-bond acceptors (Lipinski definition) is 11. The second-order valence-corrected chi connectivity index (χ2v) is 17.7. The van der Waals surface area contributed by atoms with E-state index in [0.29, 0.717) is 11.1 Å². The molecule has 0 aliphatic rings. The molecule has 1 aromatic carbocycles. The van der Waals surface area contributed by atoms with Crippen LogP contribution in [0.15, 0.2) is 24.3 Å². The molecular formula is C43H62F3N7O14. The summed E-state index contributed by atoms with van der Waals surface area (Å²) in [6.45, 7) is 12.4. The van der Waals surface area contributed by atoms with Crippen LogP contribution in [0.4, 0.5) is 13.2 Å². The summed E-state index contributed by atoms with van der Waals surface area (Å²) < 4.78 is 40.8. The first-order valence-electron chi connectivity index (χ1n) is 21.2. The second kappa shape index (κ2) is 26.5. The van der Waals surface area contributed by atoms with E-state index in [1.165, 1.54) is 34.6 Å². The Morgan fingerprint density at radius 1 is 0.582 bits per heavy atom. The predicted octanol–water partition coefficient (Wildman–Crippen LogP) is 0.789. The number of carbonyl (C=O) groups excluding carboxylic acids is 8. The lowest BCUT2D eigenvalue weighted by atomic mass is 9.85. The van der Waals surface area contributed by atoms with Crippen molar-refractivity contribution >= 4 is 65.0 Å². The number of halogens is 3. The number of nitrogens with one attached hydrogen (secondary N) is 7. The number of alkyl halides is 3. The highest BCUT2D eigenvalue weighted by molar-refractivity contribution is 6.38. The first-order valence-corrected chi connectivity index (χ1v) is 21.2. The number of benzene rings is 1. The maximum atomic E-state index is 14.3. The molecule has 6 atom stereocenters. The number of ketones is 1. The molecule has 0 saturated heterocycles. The topological polar surface area (TPSA) is 333 Å². The largest absolute Gasteiger partial charge is 0.481 e. The van der Waals surface area contributed by atoms with Crippen LogP contribution in [0, 0.1) is 18.3 Å². The Balaban J connectivity index is 3.64. The standard InChI is InChI=1S/C43H62F3N7O14/c1-21(2)17-26(37(63)52-29(20-43(44,45)46)34(61)40(66)47-22(3)4)51-41(67)35(42(6,7)8)53-39(65)27(18-24-12-10-9-11-23(24)5)50-36(62)25(13-15-31(55)56)49-38(64)28(19-33(59)60)48-30(54)14-16-32(57)58/h9-12,21-22,25-29,35H,13-20H2,1-8H3,(H,47,66)(H,48,54)(H,49,64)(H,50,62)(H,51,67)(H,52,63)(H,53,65)(H,55,56)(H,57,58)(H,59,60)/t25-,26-,27-,28-,29-,35+/m0/s1. The molecule has 0 unspecified atom stereocenters. The van der Waals surface area contributed by atoms with E-state index >= 15 is 0 Å². The highest BCUT2D eigenvalue weighted by Gasteiger charge is 2.42. The van der Waals surface area contributed by atoms with Gasteiger partial charge in [0.05, 0.1) is 19.3 Å². The Morgan fingerprint density at radius 2 is 1.09 bits per heavy atom. The molecule has 0 fully saturated rings. The Labute approximate surface area is 384 Å². The number of carbonyl (C=O) groups is 11. The van der Waals surface area contributed by atoms with Gasteiger partial charge in [-0.3, -0.25) is 52.7 Å².